The molecule has 0 fully saturated rings. The number of anilines is 1. The van der Waals surface area contributed by atoms with Crippen molar-refractivity contribution in [1.29, 1.82) is 0 Å². The van der Waals surface area contributed by atoms with Crippen LogP contribution in [0.4, 0.5) is 5.82 Å². The van der Waals surface area contributed by atoms with Crippen LogP contribution >= 0.6 is 0 Å². The summed E-state index contributed by atoms with van der Waals surface area (Å²) in [5, 5.41) is 0. The average Bonchev–Trinajstić information content (AvgIpc) is 2.26. The number of aldehydes is 1. The Morgan fingerprint density at radius 1 is 1.56 bits per heavy atom. The number of nitrogens with two attached hydrogens (primary N) is 1. The van der Waals surface area contributed by atoms with Crippen LogP contribution in [0.3, 0.4) is 0 Å². The summed E-state index contributed by atoms with van der Waals surface area (Å²) in [4.78, 5) is 27.8. The number of aryl methyl sites for hydroxylation is 1. The summed E-state index contributed by atoms with van der Waals surface area (Å²) in [5.41, 5.74) is 6.64. The molecule has 0 unspecified atom stereocenters. The maximum atomic E-state index is 11.1. The minimum atomic E-state index is -0.392. The van der Waals surface area contributed by atoms with Gasteiger partial charge in [-0.3, -0.25) is 9.59 Å². The van der Waals surface area contributed by atoms with Crippen LogP contribution in [-0.4, -0.2) is 30.3 Å². The lowest BCUT2D eigenvalue weighted by atomic mass is 10.1. The SMILES string of the molecule is Cc1cc(C=O)cnc1N(CC(N)=O)CC(C)C. The zero-order chi connectivity index (χ0) is 13.7. The number of carbonyl (C=O) groups is 2. The van der Waals surface area contributed by atoms with Crippen LogP contribution in [0, 0.1) is 12.8 Å². The summed E-state index contributed by atoms with van der Waals surface area (Å²) < 4.78 is 0. The largest absolute Gasteiger partial charge is 0.368 e. The van der Waals surface area contributed by atoms with Crippen LogP contribution in [-0.2, 0) is 4.79 Å². The number of hydrogen-bond donors (Lipinski definition) is 1. The van der Waals surface area contributed by atoms with Gasteiger partial charge in [0, 0.05) is 18.3 Å². The fourth-order valence-corrected chi connectivity index (χ4v) is 1.84. The van der Waals surface area contributed by atoms with E-state index in [2.05, 4.69) is 18.8 Å². The molecule has 0 bridgehead atoms. The maximum absolute atomic E-state index is 11.1. The Labute approximate surface area is 107 Å². The van der Waals surface area contributed by atoms with E-state index in [9.17, 15) is 9.59 Å². The highest BCUT2D eigenvalue weighted by molar-refractivity contribution is 5.80. The zero-order valence-corrected chi connectivity index (χ0v) is 11.0. The lowest BCUT2D eigenvalue weighted by molar-refractivity contribution is -0.116. The fourth-order valence-electron chi connectivity index (χ4n) is 1.84. The van der Waals surface area contributed by atoms with Gasteiger partial charge in [-0.2, -0.15) is 0 Å². The van der Waals surface area contributed by atoms with Crippen LogP contribution in [0.2, 0.25) is 0 Å². The van der Waals surface area contributed by atoms with Crippen molar-refractivity contribution in [3.05, 3.63) is 23.4 Å². The standard InChI is InChI=1S/C13H19N3O2/c1-9(2)6-16(7-12(14)18)13-10(3)4-11(8-17)5-15-13/h4-5,8-9H,6-7H2,1-3H3,(H2,14,18). The number of primary amides is 1. The molecule has 0 spiro atoms. The molecule has 98 valence electrons. The molecule has 1 amide bonds. The molecule has 1 heterocycles. The second-order valence-corrected chi connectivity index (χ2v) is 4.77. The highest BCUT2D eigenvalue weighted by Crippen LogP contribution is 2.18. The Balaban J connectivity index is 3.03. The highest BCUT2D eigenvalue weighted by atomic mass is 16.1. The van der Waals surface area contributed by atoms with Gasteiger partial charge in [-0.25, -0.2) is 4.98 Å². The molecule has 1 rings (SSSR count). The normalized spacial score (nSPS) is 10.4. The molecule has 5 nitrogen and oxygen atoms in total. The first-order valence-electron chi connectivity index (χ1n) is 5.89. The van der Waals surface area contributed by atoms with Gasteiger partial charge in [-0.1, -0.05) is 13.8 Å². The van der Waals surface area contributed by atoms with Crippen molar-refractivity contribution in [2.75, 3.05) is 18.0 Å². The fraction of sp³-hybridized carbons (Fsp3) is 0.462. The summed E-state index contributed by atoms with van der Waals surface area (Å²) in [5.74, 6) is 0.695. The van der Waals surface area contributed by atoms with Crippen LogP contribution < -0.4 is 10.6 Å². The third-order valence-corrected chi connectivity index (χ3v) is 2.44. The molecule has 0 saturated heterocycles. The van der Waals surface area contributed by atoms with Gasteiger partial charge in [0.15, 0.2) is 6.29 Å². The number of amides is 1. The summed E-state index contributed by atoms with van der Waals surface area (Å²) in [6, 6.07) is 1.75. The van der Waals surface area contributed by atoms with Crippen LogP contribution in [0.25, 0.3) is 0 Å². The van der Waals surface area contributed by atoms with Crippen molar-refractivity contribution < 1.29 is 9.59 Å². The van der Waals surface area contributed by atoms with Gasteiger partial charge in [-0.05, 0) is 24.5 Å². The molecule has 0 aliphatic heterocycles. The highest BCUT2D eigenvalue weighted by Gasteiger charge is 2.15. The maximum Gasteiger partial charge on any atom is 0.236 e. The first-order valence-corrected chi connectivity index (χ1v) is 5.89. The van der Waals surface area contributed by atoms with E-state index < -0.39 is 5.91 Å². The number of aromatic nitrogens is 1. The van der Waals surface area contributed by atoms with E-state index in [-0.39, 0.29) is 6.54 Å². The predicted molar refractivity (Wildman–Crippen MR) is 70.6 cm³/mol. The molecule has 18 heavy (non-hydrogen) atoms. The molecule has 0 aromatic carbocycles. The van der Waals surface area contributed by atoms with Crippen molar-refractivity contribution in [2.24, 2.45) is 11.7 Å². The predicted octanol–water partition coefficient (Wildman–Crippen LogP) is 1.15. The zero-order valence-electron chi connectivity index (χ0n) is 11.0. The van der Waals surface area contributed by atoms with E-state index in [1.54, 1.807) is 6.07 Å². The Morgan fingerprint density at radius 2 is 2.22 bits per heavy atom. The van der Waals surface area contributed by atoms with E-state index in [1.807, 2.05) is 11.8 Å². The molecule has 0 aliphatic rings. The van der Waals surface area contributed by atoms with Gasteiger partial charge < -0.3 is 10.6 Å². The Hall–Kier alpha value is -1.91. The topological polar surface area (TPSA) is 76.3 Å². The van der Waals surface area contributed by atoms with Gasteiger partial charge in [0.05, 0.1) is 6.54 Å². The van der Waals surface area contributed by atoms with Crippen molar-refractivity contribution in [2.45, 2.75) is 20.8 Å². The molecule has 2 N–H and O–H groups in total. The summed E-state index contributed by atoms with van der Waals surface area (Å²) in [6.07, 6.45) is 2.26. The summed E-state index contributed by atoms with van der Waals surface area (Å²) >= 11 is 0. The Morgan fingerprint density at radius 3 is 2.67 bits per heavy atom. The number of carbonyl (C=O) groups excluding carboxylic acids is 2. The van der Waals surface area contributed by atoms with E-state index in [4.69, 9.17) is 5.73 Å². The van der Waals surface area contributed by atoms with Crippen molar-refractivity contribution in [1.82, 2.24) is 4.98 Å². The summed E-state index contributed by atoms with van der Waals surface area (Å²) in [6.45, 7) is 6.81. The van der Waals surface area contributed by atoms with Crippen LogP contribution in [0.5, 0.6) is 0 Å². The average molecular weight is 249 g/mol. The van der Waals surface area contributed by atoms with E-state index >= 15 is 0 Å². The Kier molecular flexibility index (Phi) is 4.83. The number of hydrogen-bond acceptors (Lipinski definition) is 4. The van der Waals surface area contributed by atoms with E-state index in [0.717, 1.165) is 11.8 Å². The molecule has 0 aliphatic carbocycles. The van der Waals surface area contributed by atoms with Gasteiger partial charge in [-0.15, -0.1) is 0 Å². The van der Waals surface area contributed by atoms with Gasteiger partial charge >= 0.3 is 0 Å². The van der Waals surface area contributed by atoms with Gasteiger partial charge in [0.25, 0.3) is 0 Å². The lowest BCUT2D eigenvalue weighted by Gasteiger charge is -2.25. The number of pyridine rings is 1. The van der Waals surface area contributed by atoms with Crippen LogP contribution in [0.15, 0.2) is 12.3 Å². The molecule has 5 heteroatoms. The van der Waals surface area contributed by atoms with Crippen molar-refractivity contribution >= 4 is 18.0 Å². The van der Waals surface area contributed by atoms with E-state index in [1.165, 1.54) is 6.20 Å². The minimum Gasteiger partial charge on any atom is -0.368 e. The van der Waals surface area contributed by atoms with Crippen LogP contribution in [0.1, 0.15) is 29.8 Å². The lowest BCUT2D eigenvalue weighted by Crippen LogP contribution is -2.37. The molecule has 0 radical (unpaired) electrons. The van der Waals surface area contributed by atoms with Crippen molar-refractivity contribution in [3.8, 4) is 0 Å². The first-order chi connectivity index (χ1) is 8.43. The Bertz CT molecular complexity index is 444. The molecular formula is C13H19N3O2. The molecule has 1 aromatic heterocycles. The second kappa shape index (κ2) is 6.14. The number of nitrogens with zero attached hydrogens (tertiary/aromatic N) is 2. The molecular weight excluding hydrogens is 230 g/mol. The third-order valence-electron chi connectivity index (χ3n) is 2.44. The molecule has 0 saturated carbocycles. The second-order valence-electron chi connectivity index (χ2n) is 4.77. The molecule has 1 aromatic rings. The van der Waals surface area contributed by atoms with Crippen molar-refractivity contribution in [3.63, 3.8) is 0 Å². The monoisotopic (exact) mass is 249 g/mol. The number of rotatable bonds is 6. The quantitative estimate of drug-likeness (QED) is 0.767. The third kappa shape index (κ3) is 3.84. The molecule has 0 atom stereocenters. The van der Waals surface area contributed by atoms with Gasteiger partial charge in [0.1, 0.15) is 5.82 Å². The summed E-state index contributed by atoms with van der Waals surface area (Å²) in [7, 11) is 0. The van der Waals surface area contributed by atoms with Gasteiger partial charge in [0.2, 0.25) is 5.91 Å². The smallest absolute Gasteiger partial charge is 0.236 e. The first kappa shape index (κ1) is 14.2. The van der Waals surface area contributed by atoms with E-state index in [0.29, 0.717) is 23.8 Å². The minimum absolute atomic E-state index is 0.131.